The summed E-state index contributed by atoms with van der Waals surface area (Å²) in [6.45, 7) is 5.92. The van der Waals surface area contributed by atoms with Crippen molar-refractivity contribution in [3.63, 3.8) is 0 Å². The fourth-order valence-corrected chi connectivity index (χ4v) is 3.16. The van der Waals surface area contributed by atoms with Gasteiger partial charge in [-0.25, -0.2) is 13.1 Å². The summed E-state index contributed by atoms with van der Waals surface area (Å²) in [5.74, 6) is 0. The maximum Gasteiger partial charge on any atom is 0.258 e. The minimum Gasteiger partial charge on any atom is -0.313 e. The van der Waals surface area contributed by atoms with Gasteiger partial charge in [0.1, 0.15) is 0 Å². The van der Waals surface area contributed by atoms with Crippen molar-refractivity contribution in [2.24, 2.45) is 0 Å². The van der Waals surface area contributed by atoms with Crippen molar-refractivity contribution in [1.29, 1.82) is 0 Å². The van der Waals surface area contributed by atoms with Crippen molar-refractivity contribution in [1.82, 2.24) is 25.1 Å². The smallest absolute Gasteiger partial charge is 0.258 e. The monoisotopic (exact) mass is 303 g/mol. The summed E-state index contributed by atoms with van der Waals surface area (Å²) in [6, 6.07) is -0.127. The molecular formula is C12H25N5O2S. The summed E-state index contributed by atoms with van der Waals surface area (Å²) >= 11 is 0. The number of hydrogen-bond donors (Lipinski definition) is 3. The van der Waals surface area contributed by atoms with E-state index in [9.17, 15) is 8.42 Å². The van der Waals surface area contributed by atoms with Crippen LogP contribution in [0.1, 0.15) is 25.8 Å². The Labute approximate surface area is 121 Å². The van der Waals surface area contributed by atoms with Gasteiger partial charge in [0.25, 0.3) is 10.0 Å². The number of aromatic amines is 1. The first-order chi connectivity index (χ1) is 9.36. The zero-order chi connectivity index (χ0) is 15.2. The van der Waals surface area contributed by atoms with Crippen LogP contribution in [0.2, 0.25) is 0 Å². The third kappa shape index (κ3) is 5.20. The van der Waals surface area contributed by atoms with Gasteiger partial charge >= 0.3 is 0 Å². The Morgan fingerprint density at radius 2 is 2.15 bits per heavy atom. The Balaban J connectivity index is 2.71. The van der Waals surface area contributed by atoms with Crippen LogP contribution in [0.5, 0.6) is 0 Å². The predicted molar refractivity (Wildman–Crippen MR) is 78.9 cm³/mol. The zero-order valence-electron chi connectivity index (χ0n) is 12.6. The van der Waals surface area contributed by atoms with Crippen molar-refractivity contribution in [3.05, 3.63) is 11.8 Å². The molecule has 0 aliphatic carbocycles. The summed E-state index contributed by atoms with van der Waals surface area (Å²) in [4.78, 5) is 2.03. The number of H-pyrrole nitrogens is 1. The van der Waals surface area contributed by atoms with E-state index in [1.54, 1.807) is 6.20 Å². The first kappa shape index (κ1) is 17.1. The topological polar surface area (TPSA) is 90.1 Å². The van der Waals surface area contributed by atoms with Crippen molar-refractivity contribution in [2.75, 3.05) is 27.2 Å². The second kappa shape index (κ2) is 7.72. The molecule has 0 radical (unpaired) electrons. The van der Waals surface area contributed by atoms with E-state index in [1.165, 1.54) is 0 Å². The first-order valence-electron chi connectivity index (χ1n) is 6.76. The number of nitrogens with one attached hydrogen (secondary N) is 3. The van der Waals surface area contributed by atoms with Crippen LogP contribution in [0.15, 0.2) is 11.2 Å². The highest BCUT2D eigenvalue weighted by Crippen LogP contribution is 2.12. The van der Waals surface area contributed by atoms with Crippen molar-refractivity contribution in [2.45, 2.75) is 37.9 Å². The summed E-state index contributed by atoms with van der Waals surface area (Å²) in [7, 11) is 0.374. The van der Waals surface area contributed by atoms with Crippen LogP contribution in [0.25, 0.3) is 0 Å². The lowest BCUT2D eigenvalue weighted by Gasteiger charge is -2.16. The van der Waals surface area contributed by atoms with Gasteiger partial charge in [0, 0.05) is 18.2 Å². The van der Waals surface area contributed by atoms with Gasteiger partial charge in [0.15, 0.2) is 5.03 Å². The molecule has 1 aromatic heterocycles. The van der Waals surface area contributed by atoms with Gasteiger partial charge in [-0.3, -0.25) is 5.10 Å². The Kier molecular flexibility index (Phi) is 6.60. The maximum atomic E-state index is 12.3. The molecule has 1 heterocycles. The van der Waals surface area contributed by atoms with Gasteiger partial charge in [-0.1, -0.05) is 6.92 Å². The van der Waals surface area contributed by atoms with E-state index in [4.69, 9.17) is 0 Å². The molecule has 116 valence electrons. The Morgan fingerprint density at radius 3 is 2.75 bits per heavy atom. The van der Waals surface area contributed by atoms with Crippen LogP contribution in [-0.2, 0) is 16.6 Å². The van der Waals surface area contributed by atoms with Gasteiger partial charge < -0.3 is 10.2 Å². The van der Waals surface area contributed by atoms with E-state index in [0.29, 0.717) is 12.1 Å². The maximum absolute atomic E-state index is 12.3. The zero-order valence-corrected chi connectivity index (χ0v) is 13.4. The standard InChI is InChI=1S/C12H25N5O2S/c1-5-13-8-11-9-14-15-12(11)20(18,19)16-10(2)6-7-17(3)4/h9-10,13,16H,5-8H2,1-4H3,(H,14,15). The van der Waals surface area contributed by atoms with E-state index in [-0.39, 0.29) is 11.1 Å². The summed E-state index contributed by atoms with van der Waals surface area (Å²) in [5.41, 5.74) is 0.652. The molecule has 0 aliphatic rings. The van der Waals surface area contributed by atoms with Gasteiger partial charge in [-0.15, -0.1) is 0 Å². The quantitative estimate of drug-likeness (QED) is 0.604. The van der Waals surface area contributed by atoms with Gasteiger partial charge in [0.05, 0.1) is 6.20 Å². The summed E-state index contributed by atoms with van der Waals surface area (Å²) < 4.78 is 27.3. The molecule has 1 aromatic rings. The number of rotatable bonds is 9. The molecular weight excluding hydrogens is 278 g/mol. The highest BCUT2D eigenvalue weighted by molar-refractivity contribution is 7.89. The van der Waals surface area contributed by atoms with Gasteiger partial charge in [0.2, 0.25) is 0 Å². The fraction of sp³-hybridized carbons (Fsp3) is 0.750. The Hall–Kier alpha value is -0.960. The largest absolute Gasteiger partial charge is 0.313 e. The molecule has 0 fully saturated rings. The third-order valence-corrected chi connectivity index (χ3v) is 4.48. The van der Waals surface area contributed by atoms with Gasteiger partial charge in [-0.2, -0.15) is 5.10 Å². The minimum absolute atomic E-state index is 0.127. The molecule has 0 amide bonds. The van der Waals surface area contributed by atoms with E-state index in [1.807, 2.05) is 32.8 Å². The molecule has 3 N–H and O–H groups in total. The van der Waals surface area contributed by atoms with Crippen molar-refractivity contribution >= 4 is 10.0 Å². The van der Waals surface area contributed by atoms with E-state index < -0.39 is 10.0 Å². The molecule has 0 saturated carbocycles. The number of aromatic nitrogens is 2. The molecule has 1 atom stereocenters. The second-order valence-corrected chi connectivity index (χ2v) is 6.77. The SMILES string of the molecule is CCNCc1cn[nH]c1S(=O)(=O)NC(C)CCN(C)C. The van der Waals surface area contributed by atoms with Gasteiger partial charge in [-0.05, 0) is 40.5 Å². The second-order valence-electron chi connectivity index (χ2n) is 5.12. The van der Waals surface area contributed by atoms with Crippen LogP contribution in [0.4, 0.5) is 0 Å². The number of hydrogen-bond acceptors (Lipinski definition) is 5. The average molecular weight is 303 g/mol. The van der Waals surface area contributed by atoms with E-state index >= 15 is 0 Å². The third-order valence-electron chi connectivity index (χ3n) is 2.88. The lowest BCUT2D eigenvalue weighted by Crippen LogP contribution is -2.35. The number of sulfonamides is 1. The van der Waals surface area contributed by atoms with Crippen LogP contribution in [0.3, 0.4) is 0 Å². The van der Waals surface area contributed by atoms with Crippen molar-refractivity contribution < 1.29 is 8.42 Å². The molecule has 0 aliphatic heterocycles. The molecule has 20 heavy (non-hydrogen) atoms. The Bertz CT molecular complexity index is 498. The molecule has 0 spiro atoms. The highest BCUT2D eigenvalue weighted by Gasteiger charge is 2.22. The summed E-state index contributed by atoms with van der Waals surface area (Å²) in [5, 5.41) is 9.65. The molecule has 7 nitrogen and oxygen atoms in total. The average Bonchev–Trinajstić information content (AvgIpc) is 2.82. The first-order valence-corrected chi connectivity index (χ1v) is 8.25. The molecule has 0 saturated heterocycles. The van der Waals surface area contributed by atoms with Crippen LogP contribution in [0, 0.1) is 0 Å². The summed E-state index contributed by atoms with van der Waals surface area (Å²) in [6.07, 6.45) is 2.30. The molecule has 1 unspecified atom stereocenters. The Morgan fingerprint density at radius 1 is 1.45 bits per heavy atom. The van der Waals surface area contributed by atoms with E-state index in [2.05, 4.69) is 20.2 Å². The molecule has 0 bridgehead atoms. The van der Waals surface area contributed by atoms with E-state index in [0.717, 1.165) is 19.5 Å². The molecule has 8 heteroatoms. The van der Waals surface area contributed by atoms with Crippen LogP contribution < -0.4 is 10.0 Å². The molecule has 0 aromatic carbocycles. The highest BCUT2D eigenvalue weighted by atomic mass is 32.2. The fourth-order valence-electron chi connectivity index (χ4n) is 1.75. The molecule has 1 rings (SSSR count). The van der Waals surface area contributed by atoms with Crippen molar-refractivity contribution in [3.8, 4) is 0 Å². The minimum atomic E-state index is -3.55. The lowest BCUT2D eigenvalue weighted by molar-refractivity contribution is 0.378. The lowest BCUT2D eigenvalue weighted by atomic mass is 10.2. The number of nitrogens with zero attached hydrogens (tertiary/aromatic N) is 2. The van der Waals surface area contributed by atoms with Crippen LogP contribution >= 0.6 is 0 Å². The van der Waals surface area contributed by atoms with Crippen LogP contribution in [-0.4, -0.2) is 56.7 Å². The predicted octanol–water partition coefficient (Wildman–Crippen LogP) is 0.138. The normalized spacial score (nSPS) is 13.8.